The van der Waals surface area contributed by atoms with Crippen molar-refractivity contribution in [1.29, 1.82) is 0 Å². The van der Waals surface area contributed by atoms with E-state index in [1.165, 1.54) is 23.7 Å². The van der Waals surface area contributed by atoms with Crippen LogP contribution in [0.25, 0.3) is 11.3 Å². The van der Waals surface area contributed by atoms with Crippen LogP contribution >= 0.6 is 11.5 Å². The Hall–Kier alpha value is -1.40. The Bertz CT molecular complexity index is 478. The second kappa shape index (κ2) is 4.63. The summed E-state index contributed by atoms with van der Waals surface area (Å²) in [4.78, 5) is 0.854. The van der Waals surface area contributed by atoms with Gasteiger partial charge in [0.25, 0.3) is 0 Å². The highest BCUT2D eigenvalue weighted by Crippen LogP contribution is 2.25. The quantitative estimate of drug-likeness (QED) is 0.895. The van der Waals surface area contributed by atoms with Crippen molar-refractivity contribution in [2.45, 2.75) is 6.54 Å². The van der Waals surface area contributed by atoms with E-state index in [1.54, 1.807) is 7.05 Å². The molecule has 0 spiro atoms. The van der Waals surface area contributed by atoms with Gasteiger partial charge in [-0.2, -0.15) is 0 Å². The van der Waals surface area contributed by atoms with E-state index < -0.39 is 11.6 Å². The molecular formula is C10H9F2N3S. The lowest BCUT2D eigenvalue weighted by molar-refractivity contribution is 0.584. The van der Waals surface area contributed by atoms with Gasteiger partial charge in [-0.15, -0.1) is 5.10 Å². The van der Waals surface area contributed by atoms with Crippen LogP contribution < -0.4 is 5.32 Å². The van der Waals surface area contributed by atoms with Gasteiger partial charge in [-0.25, -0.2) is 8.78 Å². The minimum Gasteiger partial charge on any atom is -0.315 e. The van der Waals surface area contributed by atoms with Crippen molar-refractivity contribution >= 4 is 11.5 Å². The van der Waals surface area contributed by atoms with Crippen LogP contribution in [0.5, 0.6) is 0 Å². The Morgan fingerprint density at radius 1 is 1.25 bits per heavy atom. The van der Waals surface area contributed by atoms with Gasteiger partial charge in [-0.1, -0.05) is 4.49 Å². The molecule has 6 heteroatoms. The maximum Gasteiger partial charge on any atom is 0.126 e. The third kappa shape index (κ3) is 2.23. The molecule has 0 aliphatic rings. The Balaban J connectivity index is 2.45. The summed E-state index contributed by atoms with van der Waals surface area (Å²) in [6.45, 7) is 0.575. The number of rotatable bonds is 3. The molecule has 3 nitrogen and oxygen atoms in total. The van der Waals surface area contributed by atoms with Crippen LogP contribution in [0.15, 0.2) is 18.2 Å². The van der Waals surface area contributed by atoms with Crippen LogP contribution in [0, 0.1) is 11.6 Å². The molecule has 0 bridgehead atoms. The van der Waals surface area contributed by atoms with Crippen LogP contribution in [-0.2, 0) is 6.54 Å². The summed E-state index contributed by atoms with van der Waals surface area (Å²) >= 11 is 1.21. The van der Waals surface area contributed by atoms with Gasteiger partial charge in [-0.05, 0) is 30.7 Å². The molecule has 2 rings (SSSR count). The van der Waals surface area contributed by atoms with Crippen molar-refractivity contribution in [3.8, 4) is 11.3 Å². The summed E-state index contributed by atoms with van der Waals surface area (Å²) in [5.41, 5.74) is 0.939. The molecule has 1 N–H and O–H groups in total. The fraction of sp³-hybridized carbons (Fsp3) is 0.200. The number of benzene rings is 1. The lowest BCUT2D eigenvalue weighted by Gasteiger charge is -2.01. The highest BCUT2D eigenvalue weighted by molar-refractivity contribution is 7.05. The molecule has 0 aliphatic heterocycles. The first-order valence-corrected chi connectivity index (χ1v) is 5.40. The first kappa shape index (κ1) is 11.1. The van der Waals surface area contributed by atoms with Gasteiger partial charge in [0.2, 0.25) is 0 Å². The Labute approximate surface area is 95.3 Å². The molecule has 0 saturated carbocycles. The van der Waals surface area contributed by atoms with E-state index in [9.17, 15) is 8.78 Å². The average Bonchev–Trinajstić information content (AvgIpc) is 2.65. The number of hydrogen-bond donors (Lipinski definition) is 1. The molecule has 0 fully saturated rings. The monoisotopic (exact) mass is 241 g/mol. The van der Waals surface area contributed by atoms with Crippen molar-refractivity contribution < 1.29 is 8.78 Å². The first-order chi connectivity index (χ1) is 7.70. The molecule has 1 aromatic heterocycles. The second-order valence-electron chi connectivity index (χ2n) is 3.23. The predicted octanol–water partition coefficient (Wildman–Crippen LogP) is 2.20. The van der Waals surface area contributed by atoms with Crippen molar-refractivity contribution in [1.82, 2.24) is 14.9 Å². The van der Waals surface area contributed by atoms with E-state index in [0.29, 0.717) is 17.8 Å². The molecule has 16 heavy (non-hydrogen) atoms. The third-order valence-electron chi connectivity index (χ3n) is 2.03. The van der Waals surface area contributed by atoms with Crippen LogP contribution in [0.3, 0.4) is 0 Å². The maximum atomic E-state index is 13.0. The smallest absolute Gasteiger partial charge is 0.126 e. The first-order valence-electron chi connectivity index (χ1n) is 4.63. The molecule has 0 radical (unpaired) electrons. The number of hydrogen-bond acceptors (Lipinski definition) is 4. The van der Waals surface area contributed by atoms with Gasteiger partial charge in [0.1, 0.15) is 17.3 Å². The number of halogens is 2. The summed E-state index contributed by atoms with van der Waals surface area (Å²) in [5, 5.41) is 6.83. The van der Waals surface area contributed by atoms with E-state index in [-0.39, 0.29) is 0 Å². The zero-order chi connectivity index (χ0) is 11.5. The van der Waals surface area contributed by atoms with E-state index in [2.05, 4.69) is 14.9 Å². The molecular weight excluding hydrogens is 232 g/mol. The molecule has 0 saturated heterocycles. The Morgan fingerprint density at radius 3 is 2.56 bits per heavy atom. The SMILES string of the molecule is CNCc1snnc1-c1cc(F)cc(F)c1. The molecule has 0 amide bonds. The number of nitrogens with zero attached hydrogens (tertiary/aromatic N) is 2. The van der Waals surface area contributed by atoms with Crippen LogP contribution in [0.1, 0.15) is 4.88 Å². The molecule has 0 unspecified atom stereocenters. The van der Waals surface area contributed by atoms with E-state index >= 15 is 0 Å². The van der Waals surface area contributed by atoms with Crippen molar-refractivity contribution in [3.63, 3.8) is 0 Å². The molecule has 0 atom stereocenters. The van der Waals surface area contributed by atoms with Gasteiger partial charge in [0.15, 0.2) is 0 Å². The predicted molar refractivity (Wildman–Crippen MR) is 58.0 cm³/mol. The van der Waals surface area contributed by atoms with E-state index in [1.807, 2.05) is 0 Å². The van der Waals surface area contributed by atoms with Crippen molar-refractivity contribution in [2.24, 2.45) is 0 Å². The van der Waals surface area contributed by atoms with Gasteiger partial charge in [0.05, 0.1) is 4.88 Å². The van der Waals surface area contributed by atoms with Gasteiger partial charge >= 0.3 is 0 Å². The number of aromatic nitrogens is 2. The molecule has 2 aromatic rings. The molecule has 1 aromatic carbocycles. The minimum absolute atomic E-state index is 0.413. The lowest BCUT2D eigenvalue weighted by atomic mass is 10.1. The summed E-state index contributed by atoms with van der Waals surface area (Å²) in [6, 6.07) is 3.33. The second-order valence-corrected chi connectivity index (χ2v) is 4.07. The van der Waals surface area contributed by atoms with E-state index in [0.717, 1.165) is 10.9 Å². The summed E-state index contributed by atoms with van der Waals surface area (Å²) in [7, 11) is 1.79. The summed E-state index contributed by atoms with van der Waals surface area (Å²) in [6.07, 6.45) is 0. The van der Waals surface area contributed by atoms with Gasteiger partial charge in [-0.3, -0.25) is 0 Å². The largest absolute Gasteiger partial charge is 0.315 e. The number of nitrogens with one attached hydrogen (secondary N) is 1. The topological polar surface area (TPSA) is 37.8 Å². The molecule has 0 aliphatic carbocycles. The Kier molecular flexibility index (Phi) is 3.21. The zero-order valence-corrected chi connectivity index (χ0v) is 9.31. The highest BCUT2D eigenvalue weighted by atomic mass is 32.1. The Morgan fingerprint density at radius 2 is 1.94 bits per heavy atom. The van der Waals surface area contributed by atoms with Crippen LogP contribution in [0.2, 0.25) is 0 Å². The van der Waals surface area contributed by atoms with E-state index in [4.69, 9.17) is 0 Å². The van der Waals surface area contributed by atoms with Crippen LogP contribution in [-0.4, -0.2) is 16.6 Å². The standard InChI is InChI=1S/C10H9F2N3S/c1-13-5-9-10(14-15-16-9)6-2-7(11)4-8(12)3-6/h2-4,13H,5H2,1H3. The van der Waals surface area contributed by atoms with Crippen molar-refractivity contribution in [2.75, 3.05) is 7.05 Å². The zero-order valence-electron chi connectivity index (χ0n) is 8.50. The van der Waals surface area contributed by atoms with Crippen molar-refractivity contribution in [3.05, 3.63) is 34.7 Å². The van der Waals surface area contributed by atoms with Crippen LogP contribution in [0.4, 0.5) is 8.78 Å². The fourth-order valence-corrected chi connectivity index (χ4v) is 2.07. The van der Waals surface area contributed by atoms with Gasteiger partial charge in [0, 0.05) is 18.2 Å². The normalized spacial score (nSPS) is 10.7. The highest BCUT2D eigenvalue weighted by Gasteiger charge is 2.11. The third-order valence-corrected chi connectivity index (χ3v) is 2.75. The average molecular weight is 241 g/mol. The summed E-state index contributed by atoms with van der Waals surface area (Å²) < 4.78 is 29.9. The minimum atomic E-state index is -0.613. The lowest BCUT2D eigenvalue weighted by Crippen LogP contribution is -2.04. The molecule has 1 heterocycles. The molecule has 84 valence electrons. The maximum absolute atomic E-state index is 13.0. The van der Waals surface area contributed by atoms with Gasteiger partial charge < -0.3 is 5.32 Å². The summed E-state index contributed by atoms with van der Waals surface area (Å²) in [5.74, 6) is -1.23. The fourth-order valence-electron chi connectivity index (χ4n) is 1.40.